The Morgan fingerprint density at radius 3 is 1.40 bits per heavy atom. The molecule has 0 unspecified atom stereocenters. The van der Waals surface area contributed by atoms with Gasteiger partial charge < -0.3 is 46.6 Å². The topological polar surface area (TPSA) is 240 Å². The van der Waals surface area contributed by atoms with E-state index < -0.39 is 29.4 Å². The van der Waals surface area contributed by atoms with Crippen LogP contribution >= 0.6 is 0 Å². The van der Waals surface area contributed by atoms with Crippen molar-refractivity contribution < 1.29 is 43.2 Å². The summed E-state index contributed by atoms with van der Waals surface area (Å²) in [4.78, 5) is 44.1. The molecule has 0 aliphatic carbocycles. The molecule has 10 N–H and O–H groups in total. The van der Waals surface area contributed by atoms with E-state index in [-0.39, 0.29) is 38.4 Å². The van der Waals surface area contributed by atoms with Crippen molar-refractivity contribution in [3.63, 3.8) is 0 Å². The molecule has 0 bridgehead atoms. The summed E-state index contributed by atoms with van der Waals surface area (Å²) in [6.07, 6.45) is -1.08. The van der Waals surface area contributed by atoms with Gasteiger partial charge >= 0.3 is 18.2 Å². The Hall–Kier alpha value is -4.60. The van der Waals surface area contributed by atoms with Crippen molar-refractivity contribution in [2.45, 2.75) is 52.7 Å². The van der Waals surface area contributed by atoms with Gasteiger partial charge in [-0.15, -0.1) is 0 Å². The zero-order valence-electron chi connectivity index (χ0n) is 25.4. The summed E-state index contributed by atoms with van der Waals surface area (Å²) in [6, 6.07) is 12.6. The molecule has 0 spiro atoms. The van der Waals surface area contributed by atoms with E-state index in [2.05, 4.69) is 20.7 Å². The molecule has 43 heavy (non-hydrogen) atoms. The summed E-state index contributed by atoms with van der Waals surface area (Å²) in [5, 5.41) is 15.8. The van der Waals surface area contributed by atoms with Crippen LogP contribution in [0.25, 0.3) is 0 Å². The van der Waals surface area contributed by atoms with Crippen LogP contribution in [0.4, 0.5) is 21.0 Å². The van der Waals surface area contributed by atoms with Gasteiger partial charge in [-0.2, -0.15) is 0 Å². The number of amides is 3. The number of anilines is 2. The van der Waals surface area contributed by atoms with Crippen LogP contribution in [-0.2, 0) is 18.9 Å². The molecule has 0 aliphatic rings. The number of carbonyl (C=O) groups excluding carboxylic acids is 3. The zero-order chi connectivity index (χ0) is 33.1. The first-order valence-electron chi connectivity index (χ1n) is 13.0. The molecular formula is C28H44N6O9. The third kappa shape index (κ3) is 21.8. The fourth-order valence-electron chi connectivity index (χ4n) is 2.44. The fraction of sp³-hybridized carbons (Fsp3) is 0.429. The van der Waals surface area contributed by atoms with Gasteiger partial charge in [-0.1, -0.05) is 0 Å². The number of benzene rings is 2. The molecule has 0 aliphatic heterocycles. The molecule has 3 amide bonds. The number of carboxylic acid groups (broad SMARTS) is 1. The quantitative estimate of drug-likeness (QED) is 0.123. The number of alkyl carbamates (subject to hydrolysis) is 2. The predicted molar refractivity (Wildman–Crippen MR) is 161 cm³/mol. The summed E-state index contributed by atoms with van der Waals surface area (Å²) >= 11 is 0. The van der Waals surface area contributed by atoms with E-state index >= 15 is 0 Å². The molecule has 0 heterocycles. The second kappa shape index (κ2) is 19.5. The van der Waals surface area contributed by atoms with E-state index in [1.54, 1.807) is 77.9 Å². The molecule has 0 aromatic heterocycles. The SMILES string of the molecule is CC(C)(C)OC(=O)NCOCN.CC(C)(C)OC(=O)NCOCNC(=O)c1ccc(N)cc1.Nc1ccc(C(=O)O)cc1. The number of nitrogens with two attached hydrogens (primary N) is 3. The van der Waals surface area contributed by atoms with Gasteiger partial charge in [0.25, 0.3) is 5.91 Å². The lowest BCUT2D eigenvalue weighted by molar-refractivity contribution is 0.0363. The Kier molecular flexibility index (Phi) is 17.4. The van der Waals surface area contributed by atoms with Crippen molar-refractivity contribution in [1.29, 1.82) is 0 Å². The molecule has 2 rings (SSSR count). The highest BCUT2D eigenvalue weighted by Gasteiger charge is 2.16. The maximum Gasteiger partial charge on any atom is 0.409 e. The summed E-state index contributed by atoms with van der Waals surface area (Å²) < 4.78 is 19.7. The number of hydrogen-bond donors (Lipinski definition) is 7. The normalized spacial score (nSPS) is 10.5. The number of ether oxygens (including phenoxy) is 4. The molecule has 2 aromatic rings. The number of carboxylic acids is 1. The molecule has 240 valence electrons. The Bertz CT molecular complexity index is 1130. The van der Waals surface area contributed by atoms with E-state index in [0.29, 0.717) is 16.9 Å². The molecular weight excluding hydrogens is 564 g/mol. The minimum absolute atomic E-state index is 0.0288. The first kappa shape index (κ1) is 38.4. The molecule has 0 saturated carbocycles. The average molecular weight is 609 g/mol. The van der Waals surface area contributed by atoms with Gasteiger partial charge in [-0.3, -0.25) is 15.4 Å². The molecule has 0 fully saturated rings. The number of nitrogen functional groups attached to an aromatic ring is 2. The largest absolute Gasteiger partial charge is 0.478 e. The van der Waals surface area contributed by atoms with Crippen molar-refractivity contribution in [1.82, 2.24) is 16.0 Å². The number of hydrogen-bond acceptors (Lipinski definition) is 11. The lowest BCUT2D eigenvalue weighted by Gasteiger charge is -2.19. The van der Waals surface area contributed by atoms with Crippen molar-refractivity contribution in [2.75, 3.05) is 38.4 Å². The number of nitrogens with one attached hydrogen (secondary N) is 3. The van der Waals surface area contributed by atoms with Crippen LogP contribution in [0.3, 0.4) is 0 Å². The van der Waals surface area contributed by atoms with Gasteiger partial charge in [0.1, 0.15) is 31.4 Å². The van der Waals surface area contributed by atoms with E-state index in [0.717, 1.165) is 0 Å². The van der Waals surface area contributed by atoms with E-state index in [9.17, 15) is 19.2 Å². The Morgan fingerprint density at radius 1 is 0.651 bits per heavy atom. The van der Waals surface area contributed by atoms with E-state index in [1.807, 2.05) is 0 Å². The van der Waals surface area contributed by atoms with Gasteiger partial charge in [0.15, 0.2) is 0 Å². The summed E-state index contributed by atoms with van der Waals surface area (Å²) in [5.41, 5.74) is 16.7. The van der Waals surface area contributed by atoms with Crippen molar-refractivity contribution in [3.05, 3.63) is 59.7 Å². The number of aromatic carboxylic acids is 1. The van der Waals surface area contributed by atoms with Crippen molar-refractivity contribution in [2.24, 2.45) is 5.73 Å². The second-order valence-corrected chi connectivity index (χ2v) is 10.4. The van der Waals surface area contributed by atoms with Gasteiger partial charge in [-0.05, 0) is 90.1 Å². The highest BCUT2D eigenvalue weighted by molar-refractivity contribution is 5.94. The molecule has 0 radical (unpaired) electrons. The maximum absolute atomic E-state index is 11.7. The van der Waals surface area contributed by atoms with E-state index in [4.69, 9.17) is 36.5 Å². The van der Waals surface area contributed by atoms with Crippen molar-refractivity contribution in [3.8, 4) is 0 Å². The summed E-state index contributed by atoms with van der Waals surface area (Å²) in [5.74, 6) is -1.22. The van der Waals surface area contributed by atoms with E-state index in [1.165, 1.54) is 12.1 Å². The number of rotatable bonds is 9. The lowest BCUT2D eigenvalue weighted by atomic mass is 10.2. The molecule has 0 atom stereocenters. The minimum Gasteiger partial charge on any atom is -0.478 e. The monoisotopic (exact) mass is 608 g/mol. The maximum atomic E-state index is 11.7. The first-order chi connectivity index (χ1) is 19.9. The van der Waals surface area contributed by atoms with Crippen LogP contribution < -0.4 is 33.2 Å². The van der Waals surface area contributed by atoms with Crippen LogP contribution in [-0.4, -0.2) is 67.3 Å². The third-order valence-corrected chi connectivity index (χ3v) is 4.22. The van der Waals surface area contributed by atoms with Gasteiger partial charge in [0.05, 0.1) is 12.3 Å². The smallest absolute Gasteiger partial charge is 0.409 e. The van der Waals surface area contributed by atoms with Crippen LogP contribution in [0.5, 0.6) is 0 Å². The standard InChI is InChI=1S/C14H21N3O4.C7H16N2O3.C7H7NO2/c1-14(2,3)21-13(19)17-9-20-8-16-12(18)10-4-6-11(15)7-5-10;1-7(2,3)12-6(10)9-5-11-4-8;8-6-3-1-5(2-4-6)7(9)10/h4-7H,8-9,15H2,1-3H3,(H,16,18)(H,17,19);4-5,8H2,1-3H3,(H,9,10);1-4H,8H2,(H,9,10). The molecule has 15 nitrogen and oxygen atoms in total. The highest BCUT2D eigenvalue weighted by Crippen LogP contribution is 2.07. The van der Waals surface area contributed by atoms with Crippen molar-refractivity contribution >= 4 is 35.4 Å². The Labute approximate surface area is 251 Å². The third-order valence-electron chi connectivity index (χ3n) is 4.22. The minimum atomic E-state index is -0.931. The van der Waals surface area contributed by atoms with Gasteiger partial charge in [0.2, 0.25) is 0 Å². The fourth-order valence-corrected chi connectivity index (χ4v) is 2.44. The summed E-state index contributed by atoms with van der Waals surface area (Å²) in [7, 11) is 0. The van der Waals surface area contributed by atoms with Gasteiger partial charge in [-0.25, -0.2) is 14.4 Å². The van der Waals surface area contributed by atoms with Crippen LogP contribution in [0, 0.1) is 0 Å². The summed E-state index contributed by atoms with van der Waals surface area (Å²) in [6.45, 7) is 10.7. The molecule has 15 heteroatoms. The van der Waals surface area contributed by atoms with Gasteiger partial charge in [0, 0.05) is 16.9 Å². The lowest BCUT2D eigenvalue weighted by Crippen LogP contribution is -2.35. The zero-order valence-corrected chi connectivity index (χ0v) is 25.4. The molecule has 0 saturated heterocycles. The highest BCUT2D eigenvalue weighted by atomic mass is 16.6. The van der Waals surface area contributed by atoms with Crippen LogP contribution in [0.2, 0.25) is 0 Å². The first-order valence-corrected chi connectivity index (χ1v) is 13.0. The Balaban J connectivity index is 0.000000677. The average Bonchev–Trinajstić information content (AvgIpc) is 2.88. The Morgan fingerprint density at radius 2 is 1.02 bits per heavy atom. The molecule has 2 aromatic carbocycles. The van der Waals surface area contributed by atoms with Crippen LogP contribution in [0.1, 0.15) is 62.3 Å². The predicted octanol–water partition coefficient (Wildman–Crippen LogP) is 2.82. The number of carbonyl (C=O) groups is 4. The van der Waals surface area contributed by atoms with Crippen LogP contribution in [0.15, 0.2) is 48.5 Å². The second-order valence-electron chi connectivity index (χ2n) is 10.4.